The van der Waals surface area contributed by atoms with Crippen molar-refractivity contribution in [2.75, 3.05) is 0 Å². The first-order valence-corrected chi connectivity index (χ1v) is 7.66. The molecule has 3 aromatic rings. The minimum Gasteiger partial charge on any atom is -0.347 e. The van der Waals surface area contributed by atoms with Crippen molar-refractivity contribution in [1.29, 1.82) is 5.26 Å². The Morgan fingerprint density at radius 1 is 1.08 bits per heavy atom. The van der Waals surface area contributed by atoms with E-state index in [1.54, 1.807) is 6.08 Å². The van der Waals surface area contributed by atoms with Gasteiger partial charge in [0.25, 0.3) is 0 Å². The number of hydrogen-bond donors (Lipinski definition) is 0. The van der Waals surface area contributed by atoms with Crippen LogP contribution in [0.5, 0.6) is 0 Å². The van der Waals surface area contributed by atoms with Crippen molar-refractivity contribution in [2.24, 2.45) is 7.05 Å². The van der Waals surface area contributed by atoms with E-state index >= 15 is 0 Å². The summed E-state index contributed by atoms with van der Waals surface area (Å²) in [5.41, 5.74) is 2.98. The summed E-state index contributed by atoms with van der Waals surface area (Å²) >= 11 is 0. The molecule has 5 heteroatoms. The molecule has 0 saturated heterocycles. The summed E-state index contributed by atoms with van der Waals surface area (Å²) in [6, 6.07) is 14.6. The van der Waals surface area contributed by atoms with Gasteiger partial charge in [-0.05, 0) is 36.8 Å². The van der Waals surface area contributed by atoms with Crippen LogP contribution in [0.25, 0.3) is 22.6 Å². The van der Waals surface area contributed by atoms with Crippen molar-refractivity contribution in [2.45, 2.75) is 13.1 Å². The summed E-state index contributed by atoms with van der Waals surface area (Å²) < 4.78 is 40.1. The van der Waals surface area contributed by atoms with E-state index in [4.69, 9.17) is 0 Å². The minimum atomic E-state index is -4.39. The van der Waals surface area contributed by atoms with E-state index in [0.717, 1.165) is 34.3 Å². The zero-order valence-corrected chi connectivity index (χ0v) is 13.7. The average molecular weight is 340 g/mol. The van der Waals surface area contributed by atoms with Gasteiger partial charge in [-0.2, -0.15) is 18.4 Å². The van der Waals surface area contributed by atoms with Crippen LogP contribution in [0, 0.1) is 18.3 Å². The SMILES string of the molecule is Cc1c(/C=C(\C#N)c2ccc(C(F)(F)F)cc2)c2ccccc2n1C. The number of alkyl halides is 3. The Hall–Kier alpha value is -3.00. The van der Waals surface area contributed by atoms with E-state index in [2.05, 4.69) is 6.07 Å². The fourth-order valence-corrected chi connectivity index (χ4v) is 2.90. The van der Waals surface area contributed by atoms with Crippen molar-refractivity contribution in [3.05, 3.63) is 70.9 Å². The fraction of sp³-hybridized carbons (Fsp3) is 0.150. The van der Waals surface area contributed by atoms with Gasteiger partial charge < -0.3 is 4.57 Å². The molecule has 2 aromatic carbocycles. The van der Waals surface area contributed by atoms with Crippen LogP contribution in [0.2, 0.25) is 0 Å². The van der Waals surface area contributed by atoms with E-state index in [-0.39, 0.29) is 0 Å². The number of para-hydroxylation sites is 1. The molecular weight excluding hydrogens is 325 g/mol. The molecule has 0 amide bonds. The summed E-state index contributed by atoms with van der Waals surface area (Å²) in [7, 11) is 1.94. The van der Waals surface area contributed by atoms with E-state index in [0.29, 0.717) is 11.1 Å². The largest absolute Gasteiger partial charge is 0.416 e. The fourth-order valence-electron chi connectivity index (χ4n) is 2.90. The van der Waals surface area contributed by atoms with Gasteiger partial charge in [-0.25, -0.2) is 0 Å². The Balaban J connectivity index is 2.11. The number of benzene rings is 2. The van der Waals surface area contributed by atoms with Gasteiger partial charge in [0.15, 0.2) is 0 Å². The first-order valence-electron chi connectivity index (χ1n) is 7.66. The lowest BCUT2D eigenvalue weighted by Crippen LogP contribution is -2.04. The van der Waals surface area contributed by atoms with E-state index in [9.17, 15) is 18.4 Å². The molecule has 3 rings (SSSR count). The van der Waals surface area contributed by atoms with Crippen molar-refractivity contribution in [3.8, 4) is 6.07 Å². The smallest absolute Gasteiger partial charge is 0.347 e. The highest BCUT2D eigenvalue weighted by Crippen LogP contribution is 2.32. The lowest BCUT2D eigenvalue weighted by Gasteiger charge is -2.07. The molecule has 0 aliphatic heterocycles. The maximum Gasteiger partial charge on any atom is 0.416 e. The lowest BCUT2D eigenvalue weighted by molar-refractivity contribution is -0.137. The summed E-state index contributed by atoms with van der Waals surface area (Å²) in [4.78, 5) is 0. The second-order valence-corrected chi connectivity index (χ2v) is 5.82. The van der Waals surface area contributed by atoms with Gasteiger partial charge in [-0.3, -0.25) is 0 Å². The van der Waals surface area contributed by atoms with Gasteiger partial charge in [0, 0.05) is 29.2 Å². The van der Waals surface area contributed by atoms with E-state index < -0.39 is 11.7 Å². The molecule has 0 aliphatic carbocycles. The highest BCUT2D eigenvalue weighted by molar-refractivity contribution is 5.99. The van der Waals surface area contributed by atoms with Crippen LogP contribution < -0.4 is 0 Å². The molecule has 0 radical (unpaired) electrons. The van der Waals surface area contributed by atoms with Crippen LogP contribution in [0.3, 0.4) is 0 Å². The third-order valence-electron chi connectivity index (χ3n) is 4.38. The van der Waals surface area contributed by atoms with Crippen molar-refractivity contribution in [1.82, 2.24) is 4.57 Å². The molecule has 0 bridgehead atoms. The molecule has 1 aromatic heterocycles. The van der Waals surface area contributed by atoms with Gasteiger partial charge in [0.2, 0.25) is 0 Å². The number of nitriles is 1. The third kappa shape index (κ3) is 3.03. The molecule has 126 valence electrons. The summed E-state index contributed by atoms with van der Waals surface area (Å²) in [6.07, 6.45) is -2.65. The number of halogens is 3. The molecule has 0 N–H and O–H groups in total. The predicted molar refractivity (Wildman–Crippen MR) is 92.6 cm³/mol. The number of aryl methyl sites for hydroxylation is 1. The highest BCUT2D eigenvalue weighted by atomic mass is 19.4. The van der Waals surface area contributed by atoms with Crippen LogP contribution in [-0.2, 0) is 13.2 Å². The average Bonchev–Trinajstić information content (AvgIpc) is 2.84. The molecule has 0 saturated carbocycles. The molecule has 25 heavy (non-hydrogen) atoms. The summed E-state index contributed by atoms with van der Waals surface area (Å²) in [5, 5.41) is 10.5. The van der Waals surface area contributed by atoms with Crippen LogP contribution in [0.15, 0.2) is 48.5 Å². The summed E-state index contributed by atoms with van der Waals surface area (Å²) in [5.74, 6) is 0. The zero-order chi connectivity index (χ0) is 18.2. The monoisotopic (exact) mass is 340 g/mol. The molecule has 0 fully saturated rings. The molecule has 0 spiro atoms. The number of hydrogen-bond acceptors (Lipinski definition) is 1. The Bertz CT molecular complexity index is 1000. The molecule has 0 aliphatic rings. The van der Waals surface area contributed by atoms with Crippen molar-refractivity contribution < 1.29 is 13.2 Å². The highest BCUT2D eigenvalue weighted by Gasteiger charge is 2.30. The third-order valence-corrected chi connectivity index (χ3v) is 4.38. The van der Waals surface area contributed by atoms with Crippen LogP contribution in [0.1, 0.15) is 22.4 Å². The summed E-state index contributed by atoms with van der Waals surface area (Å²) in [6.45, 7) is 1.95. The maximum absolute atomic E-state index is 12.7. The van der Waals surface area contributed by atoms with Crippen molar-refractivity contribution in [3.63, 3.8) is 0 Å². The standard InChI is InChI=1S/C20H15F3N2/c1-13-18(17-5-3-4-6-19(17)25(13)2)11-15(12-24)14-7-9-16(10-8-14)20(21,22)23/h3-11H,1-2H3/b15-11+. The molecule has 2 nitrogen and oxygen atoms in total. The Morgan fingerprint density at radius 3 is 2.32 bits per heavy atom. The zero-order valence-electron chi connectivity index (χ0n) is 13.7. The molecule has 0 unspecified atom stereocenters. The first kappa shape index (κ1) is 16.8. The minimum absolute atomic E-state index is 0.327. The van der Waals surface area contributed by atoms with E-state index in [1.807, 2.05) is 42.8 Å². The number of rotatable bonds is 2. The van der Waals surface area contributed by atoms with Gasteiger partial charge in [0.1, 0.15) is 0 Å². The maximum atomic E-state index is 12.7. The number of nitrogens with zero attached hydrogens (tertiary/aromatic N) is 2. The first-order chi connectivity index (χ1) is 11.8. The second-order valence-electron chi connectivity index (χ2n) is 5.82. The molecule has 0 atom stereocenters. The quantitative estimate of drug-likeness (QED) is 0.561. The van der Waals surface area contributed by atoms with Crippen molar-refractivity contribution >= 4 is 22.6 Å². The number of fused-ring (bicyclic) bond motifs is 1. The lowest BCUT2D eigenvalue weighted by atomic mass is 10.0. The topological polar surface area (TPSA) is 28.7 Å². The number of allylic oxidation sites excluding steroid dienone is 1. The number of aromatic nitrogens is 1. The second kappa shape index (κ2) is 6.14. The van der Waals surface area contributed by atoms with Gasteiger partial charge in [-0.15, -0.1) is 0 Å². The molecule has 1 heterocycles. The predicted octanol–water partition coefficient (Wildman–Crippen LogP) is 5.57. The van der Waals surface area contributed by atoms with Gasteiger partial charge in [0.05, 0.1) is 17.2 Å². The normalized spacial score (nSPS) is 12.4. The van der Waals surface area contributed by atoms with Crippen LogP contribution in [0.4, 0.5) is 13.2 Å². The van der Waals surface area contributed by atoms with Crippen LogP contribution in [-0.4, -0.2) is 4.57 Å². The van der Waals surface area contributed by atoms with Crippen LogP contribution >= 0.6 is 0 Å². The van der Waals surface area contributed by atoms with Gasteiger partial charge >= 0.3 is 6.18 Å². The Morgan fingerprint density at radius 2 is 1.72 bits per heavy atom. The van der Waals surface area contributed by atoms with E-state index in [1.165, 1.54) is 12.1 Å². The Kier molecular flexibility index (Phi) is 4.13. The Labute approximate surface area is 143 Å². The molecular formula is C20H15F3N2. The van der Waals surface area contributed by atoms with Gasteiger partial charge in [-0.1, -0.05) is 30.3 Å².